The molecule has 2 atom stereocenters. The lowest BCUT2D eigenvalue weighted by Gasteiger charge is -2.44. The van der Waals surface area contributed by atoms with Gasteiger partial charge in [-0.25, -0.2) is 0 Å². The average molecular weight is 447 g/mol. The molecule has 3 aliphatic rings. The van der Waals surface area contributed by atoms with Gasteiger partial charge in [0, 0.05) is 51.5 Å². The second kappa shape index (κ2) is 9.65. The van der Waals surface area contributed by atoms with E-state index >= 15 is 0 Å². The lowest BCUT2D eigenvalue weighted by molar-refractivity contribution is -0.142. The molecule has 33 heavy (non-hydrogen) atoms. The van der Waals surface area contributed by atoms with Crippen LogP contribution >= 0.6 is 0 Å². The first kappa shape index (κ1) is 22.1. The first-order valence-electron chi connectivity index (χ1n) is 12.3. The standard InChI is InChI=1S/C27H34N4O2/c1-21(26(32)31-15-13-23-10-5-6-11-24(23)31)28-16-18-29(19-17-28)25-12-7-14-30(27(25)33)20-22-8-3-2-4-9-22/h2-6,8-11,21,25H,7,12-20H2,1H3. The topological polar surface area (TPSA) is 47.1 Å². The second-order valence-electron chi connectivity index (χ2n) is 9.52. The number of carbonyl (C=O) groups excluding carboxylic acids is 2. The number of piperidine rings is 1. The molecular weight excluding hydrogens is 412 g/mol. The lowest BCUT2D eigenvalue weighted by Crippen LogP contribution is -2.60. The summed E-state index contributed by atoms with van der Waals surface area (Å²) in [5.74, 6) is 0.451. The van der Waals surface area contributed by atoms with Gasteiger partial charge in [0.15, 0.2) is 0 Å². The van der Waals surface area contributed by atoms with Gasteiger partial charge in [0.25, 0.3) is 0 Å². The molecular formula is C27H34N4O2. The van der Waals surface area contributed by atoms with Gasteiger partial charge in [-0.1, -0.05) is 48.5 Å². The largest absolute Gasteiger partial charge is 0.337 e. The van der Waals surface area contributed by atoms with E-state index in [4.69, 9.17) is 0 Å². The summed E-state index contributed by atoms with van der Waals surface area (Å²) < 4.78 is 0. The number of carbonyl (C=O) groups is 2. The number of rotatable bonds is 5. The molecule has 0 aliphatic carbocycles. The van der Waals surface area contributed by atoms with E-state index in [0.717, 1.165) is 64.2 Å². The van der Waals surface area contributed by atoms with Crippen molar-refractivity contribution >= 4 is 17.5 Å². The Kier molecular flexibility index (Phi) is 6.47. The van der Waals surface area contributed by atoms with Gasteiger partial charge >= 0.3 is 0 Å². The molecule has 2 aromatic carbocycles. The molecule has 2 saturated heterocycles. The first-order chi connectivity index (χ1) is 16.1. The molecule has 2 amide bonds. The highest BCUT2D eigenvalue weighted by atomic mass is 16.2. The van der Waals surface area contributed by atoms with Crippen LogP contribution in [0.15, 0.2) is 54.6 Å². The van der Waals surface area contributed by atoms with Crippen LogP contribution in [0.5, 0.6) is 0 Å². The van der Waals surface area contributed by atoms with Crippen molar-refractivity contribution in [3.63, 3.8) is 0 Å². The maximum atomic E-state index is 13.3. The van der Waals surface area contributed by atoms with Crippen LogP contribution in [0.25, 0.3) is 0 Å². The van der Waals surface area contributed by atoms with Crippen LogP contribution in [0.3, 0.4) is 0 Å². The minimum atomic E-state index is -0.144. The normalized spacial score (nSPS) is 22.9. The Morgan fingerprint density at radius 1 is 0.939 bits per heavy atom. The lowest BCUT2D eigenvalue weighted by atomic mass is 10.0. The van der Waals surface area contributed by atoms with Gasteiger partial charge in [-0.15, -0.1) is 0 Å². The van der Waals surface area contributed by atoms with Crippen molar-refractivity contribution in [3.05, 3.63) is 65.7 Å². The Hall–Kier alpha value is -2.70. The van der Waals surface area contributed by atoms with Gasteiger partial charge in [0.1, 0.15) is 0 Å². The van der Waals surface area contributed by atoms with E-state index in [1.807, 2.05) is 47.1 Å². The van der Waals surface area contributed by atoms with Crippen molar-refractivity contribution in [3.8, 4) is 0 Å². The van der Waals surface area contributed by atoms with Gasteiger partial charge < -0.3 is 9.80 Å². The van der Waals surface area contributed by atoms with Gasteiger partial charge in [-0.2, -0.15) is 0 Å². The molecule has 2 unspecified atom stereocenters. The molecule has 0 aromatic heterocycles. The molecule has 2 aromatic rings. The summed E-state index contributed by atoms with van der Waals surface area (Å²) in [5.41, 5.74) is 3.52. The number of fused-ring (bicyclic) bond motifs is 1. The van der Waals surface area contributed by atoms with E-state index in [1.54, 1.807) is 0 Å². The molecule has 0 N–H and O–H groups in total. The van der Waals surface area contributed by atoms with Gasteiger partial charge in [0.2, 0.25) is 11.8 Å². The maximum absolute atomic E-state index is 13.3. The highest BCUT2D eigenvalue weighted by Crippen LogP contribution is 2.29. The fourth-order valence-corrected chi connectivity index (χ4v) is 5.60. The summed E-state index contributed by atoms with van der Waals surface area (Å²) in [6.45, 7) is 7.66. The summed E-state index contributed by atoms with van der Waals surface area (Å²) in [4.78, 5) is 35.1. The van der Waals surface area contributed by atoms with E-state index in [9.17, 15) is 9.59 Å². The predicted octanol–water partition coefficient (Wildman–Crippen LogP) is 2.77. The number of hydrogen-bond donors (Lipinski definition) is 0. The number of benzene rings is 2. The van der Waals surface area contributed by atoms with Crippen molar-refractivity contribution in [1.82, 2.24) is 14.7 Å². The third-order valence-corrected chi connectivity index (χ3v) is 7.57. The van der Waals surface area contributed by atoms with E-state index in [-0.39, 0.29) is 23.9 Å². The Bertz CT molecular complexity index is 987. The maximum Gasteiger partial charge on any atom is 0.244 e. The van der Waals surface area contributed by atoms with Crippen LogP contribution in [0, 0.1) is 0 Å². The van der Waals surface area contributed by atoms with Gasteiger partial charge in [-0.05, 0) is 43.4 Å². The molecule has 174 valence electrons. The molecule has 6 heteroatoms. The van der Waals surface area contributed by atoms with Gasteiger partial charge in [-0.3, -0.25) is 19.4 Å². The minimum Gasteiger partial charge on any atom is -0.337 e. The summed E-state index contributed by atoms with van der Waals surface area (Å²) in [5, 5.41) is 0. The Morgan fingerprint density at radius 3 is 2.45 bits per heavy atom. The van der Waals surface area contributed by atoms with E-state index < -0.39 is 0 Å². The predicted molar refractivity (Wildman–Crippen MR) is 130 cm³/mol. The van der Waals surface area contributed by atoms with Crippen molar-refractivity contribution in [2.75, 3.05) is 44.2 Å². The summed E-state index contributed by atoms with van der Waals surface area (Å²) in [6.07, 6.45) is 2.92. The van der Waals surface area contributed by atoms with E-state index in [2.05, 4.69) is 34.1 Å². The van der Waals surface area contributed by atoms with Crippen molar-refractivity contribution < 1.29 is 9.59 Å². The van der Waals surface area contributed by atoms with Crippen LogP contribution in [-0.4, -0.2) is 77.9 Å². The number of anilines is 1. The monoisotopic (exact) mass is 446 g/mol. The first-order valence-corrected chi connectivity index (χ1v) is 12.3. The minimum absolute atomic E-state index is 0.0268. The third-order valence-electron chi connectivity index (χ3n) is 7.57. The third kappa shape index (κ3) is 4.55. The van der Waals surface area contributed by atoms with Crippen LogP contribution < -0.4 is 4.90 Å². The molecule has 6 nitrogen and oxygen atoms in total. The van der Waals surface area contributed by atoms with Crippen molar-refractivity contribution in [1.29, 1.82) is 0 Å². The number of nitrogens with zero attached hydrogens (tertiary/aromatic N) is 4. The number of amides is 2. The molecule has 3 heterocycles. The smallest absolute Gasteiger partial charge is 0.244 e. The van der Waals surface area contributed by atoms with Crippen molar-refractivity contribution in [2.24, 2.45) is 0 Å². The van der Waals surface area contributed by atoms with E-state index in [0.29, 0.717) is 6.54 Å². The molecule has 5 rings (SSSR count). The SMILES string of the molecule is CC(C(=O)N1CCc2ccccc21)N1CCN(C2CCCN(Cc3ccccc3)C2=O)CC1. The van der Waals surface area contributed by atoms with Crippen LogP contribution in [0.1, 0.15) is 30.9 Å². The Balaban J connectivity index is 1.17. The van der Waals surface area contributed by atoms with E-state index in [1.165, 1.54) is 11.1 Å². The zero-order valence-electron chi connectivity index (χ0n) is 19.5. The Morgan fingerprint density at radius 2 is 1.67 bits per heavy atom. The molecule has 0 spiro atoms. The number of hydrogen-bond acceptors (Lipinski definition) is 4. The summed E-state index contributed by atoms with van der Waals surface area (Å²) in [7, 11) is 0. The number of para-hydroxylation sites is 1. The fourth-order valence-electron chi connectivity index (χ4n) is 5.60. The number of piperazine rings is 1. The van der Waals surface area contributed by atoms with Crippen molar-refractivity contribution in [2.45, 2.75) is 44.8 Å². The van der Waals surface area contributed by atoms with Crippen LogP contribution in [0.4, 0.5) is 5.69 Å². The zero-order chi connectivity index (χ0) is 22.8. The van der Waals surface area contributed by atoms with Crippen LogP contribution in [-0.2, 0) is 22.6 Å². The second-order valence-corrected chi connectivity index (χ2v) is 9.52. The fraction of sp³-hybridized carbons (Fsp3) is 0.481. The highest BCUT2D eigenvalue weighted by molar-refractivity contribution is 5.98. The quantitative estimate of drug-likeness (QED) is 0.709. The Labute approximate surface area is 196 Å². The summed E-state index contributed by atoms with van der Waals surface area (Å²) >= 11 is 0. The zero-order valence-corrected chi connectivity index (χ0v) is 19.5. The van der Waals surface area contributed by atoms with Crippen LogP contribution in [0.2, 0.25) is 0 Å². The van der Waals surface area contributed by atoms with Gasteiger partial charge in [0.05, 0.1) is 12.1 Å². The molecule has 2 fully saturated rings. The number of likely N-dealkylation sites (tertiary alicyclic amines) is 1. The average Bonchev–Trinajstić information content (AvgIpc) is 3.29. The molecule has 3 aliphatic heterocycles. The molecule has 0 saturated carbocycles. The highest BCUT2D eigenvalue weighted by Gasteiger charge is 2.37. The molecule has 0 bridgehead atoms. The summed E-state index contributed by atoms with van der Waals surface area (Å²) in [6, 6.07) is 18.3. The molecule has 0 radical (unpaired) electrons.